The molecule has 0 saturated carbocycles. The third kappa shape index (κ3) is 2.23. The maximum atomic E-state index is 11.4. The average molecular weight is 264 g/mol. The van der Waals surface area contributed by atoms with Crippen LogP contribution in [0.5, 0.6) is 0 Å². The van der Waals surface area contributed by atoms with Gasteiger partial charge in [0.25, 0.3) is 6.04 Å². The monoisotopic (exact) mass is 264 g/mol. The number of pyridine rings is 1. The first-order chi connectivity index (χ1) is 9.75. The van der Waals surface area contributed by atoms with Crippen molar-refractivity contribution in [1.29, 1.82) is 0 Å². The summed E-state index contributed by atoms with van der Waals surface area (Å²) in [7, 11) is 0. The molecule has 0 aliphatic rings. The maximum absolute atomic E-state index is 11.4. The van der Waals surface area contributed by atoms with E-state index in [-0.39, 0.29) is 4.92 Å². The van der Waals surface area contributed by atoms with E-state index in [1.54, 1.807) is 30.3 Å². The number of aromatic nitrogens is 1. The van der Waals surface area contributed by atoms with E-state index in [1.165, 1.54) is 0 Å². The van der Waals surface area contributed by atoms with Gasteiger partial charge in [-0.2, -0.15) is 0 Å². The highest BCUT2D eigenvalue weighted by Crippen LogP contribution is 2.25. The molecule has 0 aliphatic heterocycles. The predicted molar refractivity (Wildman–Crippen MR) is 77.0 cm³/mol. The summed E-state index contributed by atoms with van der Waals surface area (Å²) in [6.45, 7) is 0. The van der Waals surface area contributed by atoms with Crippen LogP contribution >= 0.6 is 0 Å². The van der Waals surface area contributed by atoms with E-state index in [2.05, 4.69) is 4.98 Å². The van der Waals surface area contributed by atoms with E-state index in [4.69, 9.17) is 0 Å². The minimum Gasteiger partial charge on any atom is -0.263 e. The van der Waals surface area contributed by atoms with Crippen LogP contribution in [0.2, 0.25) is 0 Å². The highest BCUT2D eigenvalue weighted by atomic mass is 16.6. The molecule has 0 amide bonds. The first-order valence-electron chi connectivity index (χ1n) is 6.30. The van der Waals surface area contributed by atoms with Gasteiger partial charge in [-0.05, 0) is 12.1 Å². The lowest BCUT2D eigenvalue weighted by Gasteiger charge is -2.10. The van der Waals surface area contributed by atoms with Gasteiger partial charge in [-0.1, -0.05) is 54.6 Å². The van der Waals surface area contributed by atoms with Crippen LogP contribution < -0.4 is 0 Å². The normalized spacial score (nSPS) is 12.2. The van der Waals surface area contributed by atoms with Gasteiger partial charge >= 0.3 is 0 Å². The lowest BCUT2D eigenvalue weighted by Crippen LogP contribution is -2.13. The summed E-state index contributed by atoms with van der Waals surface area (Å²) in [5.74, 6) is 0. The third-order valence-electron chi connectivity index (χ3n) is 3.23. The summed E-state index contributed by atoms with van der Waals surface area (Å²) in [6.07, 6.45) is 0. The molecule has 0 N–H and O–H groups in total. The fourth-order valence-corrected chi connectivity index (χ4v) is 2.27. The van der Waals surface area contributed by atoms with E-state index in [0.717, 1.165) is 10.9 Å². The Bertz CT molecular complexity index is 757. The summed E-state index contributed by atoms with van der Waals surface area (Å²) < 4.78 is 0. The van der Waals surface area contributed by atoms with Crippen LogP contribution in [0.15, 0.2) is 66.7 Å². The average Bonchev–Trinajstić information content (AvgIpc) is 2.48. The fraction of sp³-hybridized carbons (Fsp3) is 0.0625. The Balaban J connectivity index is 2.13. The molecule has 0 saturated heterocycles. The quantitative estimate of drug-likeness (QED) is 0.536. The zero-order chi connectivity index (χ0) is 13.9. The molecule has 0 spiro atoms. The summed E-state index contributed by atoms with van der Waals surface area (Å²) in [5, 5.41) is 12.4. The summed E-state index contributed by atoms with van der Waals surface area (Å²) in [4.78, 5) is 15.5. The van der Waals surface area contributed by atoms with Crippen molar-refractivity contribution in [3.63, 3.8) is 0 Å². The van der Waals surface area contributed by atoms with Crippen molar-refractivity contribution in [3.8, 4) is 0 Å². The molecule has 0 bridgehead atoms. The standard InChI is InChI=1S/C16H12N2O2/c19-18(20)16(13-7-2-1-3-8-13)15-11-10-12-6-4-5-9-14(12)17-15/h1-11,16H. The van der Waals surface area contributed by atoms with Gasteiger partial charge in [0.15, 0.2) is 0 Å². The molecular formula is C16H12N2O2. The Morgan fingerprint density at radius 1 is 0.900 bits per heavy atom. The highest BCUT2D eigenvalue weighted by molar-refractivity contribution is 5.78. The smallest absolute Gasteiger partial charge is 0.263 e. The largest absolute Gasteiger partial charge is 0.279 e. The number of para-hydroxylation sites is 1. The van der Waals surface area contributed by atoms with Crippen molar-refractivity contribution in [2.75, 3.05) is 0 Å². The molecular weight excluding hydrogens is 252 g/mol. The predicted octanol–water partition coefficient (Wildman–Crippen LogP) is 3.60. The van der Waals surface area contributed by atoms with Gasteiger partial charge in [0, 0.05) is 15.9 Å². The topological polar surface area (TPSA) is 56.0 Å². The molecule has 20 heavy (non-hydrogen) atoms. The Hall–Kier alpha value is -2.75. The fourth-order valence-electron chi connectivity index (χ4n) is 2.27. The zero-order valence-corrected chi connectivity index (χ0v) is 10.6. The van der Waals surface area contributed by atoms with Gasteiger partial charge < -0.3 is 0 Å². The molecule has 2 aromatic carbocycles. The number of fused-ring (bicyclic) bond motifs is 1. The van der Waals surface area contributed by atoms with Crippen molar-refractivity contribution in [1.82, 2.24) is 4.98 Å². The first kappa shape index (κ1) is 12.3. The van der Waals surface area contributed by atoms with Crippen LogP contribution in [-0.4, -0.2) is 9.91 Å². The van der Waals surface area contributed by atoms with Crippen LogP contribution in [0.3, 0.4) is 0 Å². The van der Waals surface area contributed by atoms with Crippen LogP contribution in [-0.2, 0) is 0 Å². The Labute approximate surface area is 115 Å². The molecule has 4 heteroatoms. The van der Waals surface area contributed by atoms with Gasteiger partial charge in [-0.15, -0.1) is 0 Å². The zero-order valence-electron chi connectivity index (χ0n) is 10.6. The maximum Gasteiger partial charge on any atom is 0.279 e. The minimum atomic E-state index is -0.930. The van der Waals surface area contributed by atoms with Gasteiger partial charge in [0.05, 0.1) is 5.52 Å². The first-order valence-corrected chi connectivity index (χ1v) is 6.30. The van der Waals surface area contributed by atoms with Crippen LogP contribution in [0.1, 0.15) is 17.3 Å². The molecule has 0 aliphatic carbocycles. The van der Waals surface area contributed by atoms with Gasteiger partial charge in [-0.3, -0.25) is 10.1 Å². The van der Waals surface area contributed by atoms with Gasteiger partial charge in [-0.25, -0.2) is 4.98 Å². The van der Waals surface area contributed by atoms with Crippen LogP contribution in [0, 0.1) is 10.1 Å². The van der Waals surface area contributed by atoms with E-state index < -0.39 is 6.04 Å². The molecule has 0 fully saturated rings. The van der Waals surface area contributed by atoms with Crippen molar-refractivity contribution in [2.45, 2.75) is 6.04 Å². The van der Waals surface area contributed by atoms with Crippen molar-refractivity contribution in [3.05, 3.63) is 88.1 Å². The molecule has 1 aromatic heterocycles. The Morgan fingerprint density at radius 2 is 1.60 bits per heavy atom. The van der Waals surface area contributed by atoms with E-state index in [0.29, 0.717) is 11.3 Å². The third-order valence-corrected chi connectivity index (χ3v) is 3.23. The van der Waals surface area contributed by atoms with Gasteiger partial charge in [0.2, 0.25) is 0 Å². The summed E-state index contributed by atoms with van der Waals surface area (Å²) >= 11 is 0. The lowest BCUT2D eigenvalue weighted by atomic mass is 10.0. The number of nitrogens with zero attached hydrogens (tertiary/aromatic N) is 2. The highest BCUT2D eigenvalue weighted by Gasteiger charge is 2.26. The molecule has 1 atom stereocenters. The Kier molecular flexibility index (Phi) is 3.13. The molecule has 3 aromatic rings. The molecule has 3 rings (SSSR count). The number of hydrogen-bond donors (Lipinski definition) is 0. The number of rotatable bonds is 3. The van der Waals surface area contributed by atoms with E-state index in [9.17, 15) is 10.1 Å². The molecule has 0 radical (unpaired) electrons. The molecule has 4 nitrogen and oxygen atoms in total. The van der Waals surface area contributed by atoms with E-state index in [1.807, 2.05) is 36.4 Å². The second-order valence-electron chi connectivity index (χ2n) is 4.53. The summed E-state index contributed by atoms with van der Waals surface area (Å²) in [6, 6.07) is 19.2. The molecule has 98 valence electrons. The molecule has 1 unspecified atom stereocenters. The van der Waals surface area contributed by atoms with Crippen molar-refractivity contribution < 1.29 is 4.92 Å². The van der Waals surface area contributed by atoms with Crippen LogP contribution in [0.25, 0.3) is 10.9 Å². The van der Waals surface area contributed by atoms with Crippen LogP contribution in [0.4, 0.5) is 0 Å². The molecule has 1 heterocycles. The lowest BCUT2D eigenvalue weighted by molar-refractivity contribution is -0.518. The second-order valence-corrected chi connectivity index (χ2v) is 4.53. The number of nitro groups is 1. The number of benzene rings is 2. The Morgan fingerprint density at radius 3 is 2.35 bits per heavy atom. The van der Waals surface area contributed by atoms with Crippen molar-refractivity contribution in [2.24, 2.45) is 0 Å². The minimum absolute atomic E-state index is 0.299. The van der Waals surface area contributed by atoms with E-state index >= 15 is 0 Å². The SMILES string of the molecule is O=[N+]([O-])C(c1ccccc1)c1ccc2ccccc2n1. The summed E-state index contributed by atoms with van der Waals surface area (Å²) in [5.41, 5.74) is 1.87. The van der Waals surface area contributed by atoms with Crippen molar-refractivity contribution >= 4 is 10.9 Å². The number of hydrogen-bond acceptors (Lipinski definition) is 3. The second kappa shape index (κ2) is 5.09. The van der Waals surface area contributed by atoms with Gasteiger partial charge in [0.1, 0.15) is 5.69 Å².